The molecule has 8 nitrogen and oxygen atoms in total. The zero-order valence-electron chi connectivity index (χ0n) is 16.1. The van der Waals surface area contributed by atoms with Gasteiger partial charge in [0.1, 0.15) is 17.3 Å². The lowest BCUT2D eigenvalue weighted by molar-refractivity contribution is -0.118. The van der Waals surface area contributed by atoms with Gasteiger partial charge in [0.25, 0.3) is 5.91 Å². The van der Waals surface area contributed by atoms with E-state index in [1.54, 1.807) is 54.6 Å². The van der Waals surface area contributed by atoms with Crippen LogP contribution in [0.15, 0.2) is 54.6 Å². The molecule has 0 bridgehead atoms. The maximum atomic E-state index is 13.2. The van der Waals surface area contributed by atoms with E-state index in [-0.39, 0.29) is 17.0 Å². The maximum Gasteiger partial charge on any atom is 0.330 e. The Morgan fingerprint density at radius 2 is 1.73 bits per heavy atom. The molecule has 150 valence electrons. The van der Waals surface area contributed by atoms with Gasteiger partial charge in [-0.2, -0.15) is 10.4 Å². The van der Waals surface area contributed by atoms with Crippen LogP contribution in [0.3, 0.4) is 0 Å². The first kappa shape index (κ1) is 20.8. The van der Waals surface area contributed by atoms with Gasteiger partial charge < -0.3 is 0 Å². The van der Waals surface area contributed by atoms with Crippen LogP contribution in [0.2, 0.25) is 5.02 Å². The fourth-order valence-electron chi connectivity index (χ4n) is 2.77. The first-order valence-corrected chi connectivity index (χ1v) is 9.15. The number of hydrogen-bond donors (Lipinski definition) is 1. The minimum absolute atomic E-state index is 0.00588. The Morgan fingerprint density at radius 1 is 1.10 bits per heavy atom. The highest BCUT2D eigenvalue weighted by Crippen LogP contribution is 2.29. The van der Waals surface area contributed by atoms with Crippen molar-refractivity contribution in [2.75, 3.05) is 7.05 Å². The van der Waals surface area contributed by atoms with Gasteiger partial charge in [-0.05, 0) is 24.3 Å². The second-order valence-corrected chi connectivity index (χ2v) is 6.73. The van der Waals surface area contributed by atoms with Crippen molar-refractivity contribution in [3.63, 3.8) is 0 Å². The van der Waals surface area contributed by atoms with Gasteiger partial charge in [-0.15, -0.1) is 0 Å². The standard InChI is InChI=1S/C21H16ClN5O3/c1-13(28)24-21(30)26(2)20(29)19-17(12-23)18(14-8-10-15(22)11-9-14)25-27(19)16-6-4-3-5-7-16/h3-11H,1-2H3,(H,24,28,30). The molecule has 4 amide bonds. The van der Waals surface area contributed by atoms with E-state index >= 15 is 0 Å². The SMILES string of the molecule is CC(=O)NC(=O)N(C)C(=O)c1c(C#N)c(-c2ccc(Cl)cc2)nn1-c1ccccc1. The van der Waals surface area contributed by atoms with Crippen LogP contribution >= 0.6 is 11.6 Å². The van der Waals surface area contributed by atoms with E-state index in [2.05, 4.69) is 5.10 Å². The lowest BCUT2D eigenvalue weighted by atomic mass is 10.1. The van der Waals surface area contributed by atoms with Gasteiger partial charge >= 0.3 is 6.03 Å². The van der Waals surface area contributed by atoms with E-state index in [0.29, 0.717) is 16.3 Å². The number of urea groups is 1. The number of hydrogen-bond acceptors (Lipinski definition) is 5. The molecule has 0 aliphatic rings. The number of benzene rings is 2. The lowest BCUT2D eigenvalue weighted by Crippen LogP contribution is -2.43. The van der Waals surface area contributed by atoms with Crippen LogP contribution in [-0.4, -0.2) is 39.6 Å². The predicted octanol–water partition coefficient (Wildman–Crippen LogP) is 3.39. The van der Waals surface area contributed by atoms with Crippen LogP contribution in [0, 0.1) is 11.3 Å². The molecule has 0 radical (unpaired) electrons. The monoisotopic (exact) mass is 421 g/mol. The third-order valence-electron chi connectivity index (χ3n) is 4.21. The number of halogens is 1. The van der Waals surface area contributed by atoms with Crippen molar-refractivity contribution in [3.05, 3.63) is 70.9 Å². The largest absolute Gasteiger partial charge is 0.330 e. The fraction of sp³-hybridized carbons (Fsp3) is 0.0952. The van der Waals surface area contributed by atoms with Gasteiger partial charge in [-0.3, -0.25) is 19.8 Å². The Kier molecular flexibility index (Phi) is 5.95. The number of carbonyl (C=O) groups is 3. The summed E-state index contributed by atoms with van der Waals surface area (Å²) in [7, 11) is 1.21. The highest BCUT2D eigenvalue weighted by Gasteiger charge is 2.30. The average molecular weight is 422 g/mol. The average Bonchev–Trinajstić information content (AvgIpc) is 3.13. The Hall–Kier alpha value is -3.96. The van der Waals surface area contributed by atoms with Crippen LogP contribution in [-0.2, 0) is 4.79 Å². The topological polar surface area (TPSA) is 108 Å². The Bertz CT molecular complexity index is 1160. The third-order valence-corrected chi connectivity index (χ3v) is 4.46. The summed E-state index contributed by atoms with van der Waals surface area (Å²) >= 11 is 5.95. The second kappa shape index (κ2) is 8.59. The molecule has 3 aromatic rings. The molecule has 0 fully saturated rings. The first-order chi connectivity index (χ1) is 14.3. The number of nitriles is 1. The fourth-order valence-corrected chi connectivity index (χ4v) is 2.90. The van der Waals surface area contributed by atoms with E-state index in [9.17, 15) is 19.6 Å². The molecule has 30 heavy (non-hydrogen) atoms. The molecule has 0 saturated heterocycles. The number of aromatic nitrogens is 2. The molecule has 3 rings (SSSR count). The molecule has 9 heteroatoms. The summed E-state index contributed by atoms with van der Waals surface area (Å²) in [6.07, 6.45) is 0. The summed E-state index contributed by atoms with van der Waals surface area (Å²) in [6.45, 7) is 1.16. The van der Waals surface area contributed by atoms with E-state index in [1.807, 2.05) is 11.4 Å². The van der Waals surface area contributed by atoms with Crippen LogP contribution in [0.4, 0.5) is 4.79 Å². The van der Waals surface area contributed by atoms with Crippen molar-refractivity contribution in [2.45, 2.75) is 6.92 Å². The number of rotatable bonds is 3. The van der Waals surface area contributed by atoms with Crippen molar-refractivity contribution in [3.8, 4) is 23.0 Å². The molecule has 0 saturated carbocycles. The van der Waals surface area contributed by atoms with Gasteiger partial charge in [0, 0.05) is 24.6 Å². The van der Waals surface area contributed by atoms with Crippen molar-refractivity contribution in [2.24, 2.45) is 0 Å². The Labute approximate surface area is 177 Å². The third kappa shape index (κ3) is 4.06. The van der Waals surface area contributed by atoms with Crippen LogP contribution in [0.1, 0.15) is 23.0 Å². The molecule has 0 atom stereocenters. The molecular formula is C21H16ClN5O3. The first-order valence-electron chi connectivity index (χ1n) is 8.77. The van der Waals surface area contributed by atoms with Gasteiger partial charge in [-0.1, -0.05) is 41.9 Å². The smallest absolute Gasteiger partial charge is 0.278 e. The van der Waals surface area contributed by atoms with E-state index in [1.165, 1.54) is 11.7 Å². The summed E-state index contributed by atoms with van der Waals surface area (Å²) < 4.78 is 1.31. The molecule has 1 aromatic heterocycles. The van der Waals surface area contributed by atoms with Gasteiger partial charge in [0.15, 0.2) is 5.69 Å². The summed E-state index contributed by atoms with van der Waals surface area (Å²) in [4.78, 5) is 37.3. The normalized spacial score (nSPS) is 10.2. The van der Waals surface area contributed by atoms with Crippen molar-refractivity contribution in [1.82, 2.24) is 20.0 Å². The maximum absolute atomic E-state index is 13.2. The molecular weight excluding hydrogens is 406 g/mol. The number of imide groups is 2. The molecule has 0 aliphatic heterocycles. The number of amides is 4. The number of para-hydroxylation sites is 1. The minimum Gasteiger partial charge on any atom is -0.278 e. The predicted molar refractivity (Wildman–Crippen MR) is 110 cm³/mol. The summed E-state index contributed by atoms with van der Waals surface area (Å²) in [5.41, 5.74) is 1.26. The Balaban J connectivity index is 2.20. The van der Waals surface area contributed by atoms with Crippen molar-refractivity contribution >= 4 is 29.4 Å². The van der Waals surface area contributed by atoms with Gasteiger partial charge in [0.2, 0.25) is 5.91 Å². The molecule has 0 unspecified atom stereocenters. The highest BCUT2D eigenvalue weighted by atomic mass is 35.5. The second-order valence-electron chi connectivity index (χ2n) is 6.29. The summed E-state index contributed by atoms with van der Waals surface area (Å²) in [5, 5.41) is 16.9. The molecule has 0 aliphatic carbocycles. The van der Waals surface area contributed by atoms with E-state index in [4.69, 9.17) is 11.6 Å². The zero-order chi connectivity index (χ0) is 21.8. The molecule has 1 heterocycles. The number of nitrogens with one attached hydrogen (secondary N) is 1. The highest BCUT2D eigenvalue weighted by molar-refractivity contribution is 6.30. The van der Waals surface area contributed by atoms with Crippen molar-refractivity contribution < 1.29 is 14.4 Å². The van der Waals surface area contributed by atoms with Crippen molar-refractivity contribution in [1.29, 1.82) is 5.26 Å². The molecule has 2 aromatic carbocycles. The van der Waals surface area contributed by atoms with Gasteiger partial charge in [0.05, 0.1) is 5.69 Å². The van der Waals surface area contributed by atoms with Crippen LogP contribution in [0.25, 0.3) is 16.9 Å². The zero-order valence-corrected chi connectivity index (χ0v) is 16.8. The quantitative estimate of drug-likeness (QED) is 0.697. The minimum atomic E-state index is -0.912. The van der Waals surface area contributed by atoms with E-state index in [0.717, 1.165) is 11.8 Å². The lowest BCUT2D eigenvalue weighted by Gasteiger charge is -2.16. The molecule has 1 N–H and O–H groups in total. The summed E-state index contributed by atoms with van der Waals surface area (Å²) in [6, 6.07) is 16.5. The van der Waals surface area contributed by atoms with Gasteiger partial charge in [-0.25, -0.2) is 9.48 Å². The van der Waals surface area contributed by atoms with E-state index < -0.39 is 17.8 Å². The summed E-state index contributed by atoms with van der Waals surface area (Å²) in [5.74, 6) is -1.40. The molecule has 0 spiro atoms. The van der Waals surface area contributed by atoms with Crippen LogP contribution in [0.5, 0.6) is 0 Å². The number of carbonyl (C=O) groups excluding carboxylic acids is 3. The Morgan fingerprint density at radius 3 is 2.30 bits per heavy atom. The van der Waals surface area contributed by atoms with Crippen LogP contribution < -0.4 is 5.32 Å². The number of nitrogens with zero attached hydrogens (tertiary/aromatic N) is 4.